The van der Waals surface area contributed by atoms with Gasteiger partial charge in [-0.15, -0.1) is 0 Å². The Morgan fingerprint density at radius 2 is 1.80 bits per heavy atom. The Balaban J connectivity index is 2.04. The first kappa shape index (κ1) is 22.7. The summed E-state index contributed by atoms with van der Waals surface area (Å²) in [6.07, 6.45) is 6.04. The third-order valence-electron chi connectivity index (χ3n) is 4.40. The number of methoxy groups -OCH3 is 1. The van der Waals surface area contributed by atoms with Crippen molar-refractivity contribution >= 4 is 23.6 Å². The van der Waals surface area contributed by atoms with Crippen molar-refractivity contribution in [3.63, 3.8) is 0 Å². The molecule has 6 nitrogen and oxygen atoms in total. The molecule has 0 bridgehead atoms. The molecule has 2 aromatic carbocycles. The van der Waals surface area contributed by atoms with Gasteiger partial charge in [0.25, 0.3) is 5.91 Å². The Kier molecular flexibility index (Phi) is 9.14. The van der Waals surface area contributed by atoms with Crippen molar-refractivity contribution in [1.29, 1.82) is 5.26 Å². The molecular weight excluding hydrogens is 380 g/mol. The van der Waals surface area contributed by atoms with Crippen molar-refractivity contribution in [2.24, 2.45) is 0 Å². The van der Waals surface area contributed by atoms with Gasteiger partial charge in [-0.2, -0.15) is 5.26 Å². The number of hydrogen-bond donors (Lipinski definition) is 1. The number of amides is 1. The largest absolute Gasteiger partial charge is 0.494 e. The average molecular weight is 406 g/mol. The molecule has 0 saturated heterocycles. The molecule has 2 aromatic rings. The summed E-state index contributed by atoms with van der Waals surface area (Å²) in [7, 11) is 1.26. The van der Waals surface area contributed by atoms with Crippen molar-refractivity contribution in [1.82, 2.24) is 0 Å². The predicted molar refractivity (Wildman–Crippen MR) is 116 cm³/mol. The van der Waals surface area contributed by atoms with Crippen molar-refractivity contribution in [3.05, 3.63) is 65.2 Å². The maximum absolute atomic E-state index is 12.5. The zero-order valence-corrected chi connectivity index (χ0v) is 17.3. The third-order valence-corrected chi connectivity index (χ3v) is 4.40. The Hall–Kier alpha value is -3.59. The van der Waals surface area contributed by atoms with E-state index in [0.29, 0.717) is 12.2 Å². The van der Waals surface area contributed by atoms with E-state index >= 15 is 0 Å². The van der Waals surface area contributed by atoms with E-state index in [9.17, 15) is 14.9 Å². The minimum Gasteiger partial charge on any atom is -0.494 e. The number of unbranched alkanes of at least 4 members (excludes halogenated alkanes) is 3. The maximum atomic E-state index is 12.5. The van der Waals surface area contributed by atoms with Crippen LogP contribution in [0.2, 0.25) is 0 Å². The fourth-order valence-corrected chi connectivity index (χ4v) is 2.76. The lowest BCUT2D eigenvalue weighted by Crippen LogP contribution is -2.16. The lowest BCUT2D eigenvalue weighted by molar-refractivity contribution is -0.112. The SMILES string of the molecule is CCCCCCOc1ccc(/C=C(\C#N)C(=O)Nc2ccccc2C(=O)OC)cc1. The summed E-state index contributed by atoms with van der Waals surface area (Å²) < 4.78 is 10.4. The van der Waals surface area contributed by atoms with E-state index in [4.69, 9.17) is 9.47 Å². The van der Waals surface area contributed by atoms with E-state index in [1.54, 1.807) is 30.3 Å². The number of esters is 1. The second-order valence-corrected chi connectivity index (χ2v) is 6.64. The van der Waals surface area contributed by atoms with Crippen LogP contribution in [0.25, 0.3) is 6.08 Å². The molecular formula is C24H26N2O4. The molecule has 0 spiro atoms. The molecule has 0 saturated carbocycles. The van der Waals surface area contributed by atoms with Crippen LogP contribution < -0.4 is 10.1 Å². The zero-order valence-electron chi connectivity index (χ0n) is 17.3. The summed E-state index contributed by atoms with van der Waals surface area (Å²) in [5.41, 5.74) is 1.11. The van der Waals surface area contributed by atoms with Crippen molar-refractivity contribution in [3.8, 4) is 11.8 Å². The fraction of sp³-hybridized carbons (Fsp3) is 0.292. The number of anilines is 1. The lowest BCUT2D eigenvalue weighted by Gasteiger charge is -2.09. The molecule has 1 amide bonds. The van der Waals surface area contributed by atoms with Gasteiger partial charge in [-0.25, -0.2) is 4.79 Å². The standard InChI is InChI=1S/C24H26N2O4/c1-3-4-5-8-15-30-20-13-11-18(12-14-20)16-19(17-25)23(27)26-22-10-7-6-9-21(22)24(28)29-2/h6-7,9-14,16H,3-5,8,15H2,1-2H3,(H,26,27)/b19-16+. The van der Waals surface area contributed by atoms with Crippen LogP contribution in [0.5, 0.6) is 5.75 Å². The topological polar surface area (TPSA) is 88.4 Å². The highest BCUT2D eigenvalue weighted by Crippen LogP contribution is 2.19. The van der Waals surface area contributed by atoms with Gasteiger partial charge in [-0.1, -0.05) is 50.5 Å². The molecule has 156 valence electrons. The summed E-state index contributed by atoms with van der Waals surface area (Å²) >= 11 is 0. The van der Waals surface area contributed by atoms with Gasteiger partial charge in [-0.3, -0.25) is 4.79 Å². The van der Waals surface area contributed by atoms with E-state index in [0.717, 1.165) is 18.6 Å². The van der Waals surface area contributed by atoms with Crippen LogP contribution in [-0.2, 0) is 9.53 Å². The summed E-state index contributed by atoms with van der Waals surface area (Å²) in [5.74, 6) is -0.428. The first-order valence-electron chi connectivity index (χ1n) is 9.92. The molecule has 6 heteroatoms. The highest BCUT2D eigenvalue weighted by Gasteiger charge is 2.15. The second-order valence-electron chi connectivity index (χ2n) is 6.64. The zero-order chi connectivity index (χ0) is 21.8. The van der Waals surface area contributed by atoms with E-state index in [-0.39, 0.29) is 16.8 Å². The van der Waals surface area contributed by atoms with Gasteiger partial charge in [0.15, 0.2) is 0 Å². The number of nitrogens with one attached hydrogen (secondary N) is 1. The van der Waals surface area contributed by atoms with Crippen LogP contribution >= 0.6 is 0 Å². The number of para-hydroxylation sites is 1. The Bertz CT molecular complexity index is 927. The van der Waals surface area contributed by atoms with Crippen molar-refractivity contribution < 1.29 is 19.1 Å². The monoisotopic (exact) mass is 406 g/mol. The molecule has 0 radical (unpaired) electrons. The molecule has 0 heterocycles. The van der Waals surface area contributed by atoms with Crippen molar-refractivity contribution in [2.45, 2.75) is 32.6 Å². The Morgan fingerprint density at radius 1 is 1.07 bits per heavy atom. The van der Waals surface area contributed by atoms with Crippen LogP contribution in [0.3, 0.4) is 0 Å². The highest BCUT2D eigenvalue weighted by molar-refractivity contribution is 6.11. The van der Waals surface area contributed by atoms with E-state index in [1.807, 2.05) is 18.2 Å². The van der Waals surface area contributed by atoms with Crippen LogP contribution in [0.1, 0.15) is 48.5 Å². The molecule has 0 aromatic heterocycles. The molecule has 0 fully saturated rings. The average Bonchev–Trinajstić information content (AvgIpc) is 2.78. The first-order chi connectivity index (χ1) is 14.6. The smallest absolute Gasteiger partial charge is 0.339 e. The highest BCUT2D eigenvalue weighted by atomic mass is 16.5. The molecule has 0 unspecified atom stereocenters. The number of benzene rings is 2. The Morgan fingerprint density at radius 3 is 2.47 bits per heavy atom. The minimum absolute atomic E-state index is 0.0806. The number of rotatable bonds is 10. The molecule has 0 aliphatic carbocycles. The van der Waals surface area contributed by atoms with E-state index in [1.165, 1.54) is 32.1 Å². The Labute approximate surface area is 177 Å². The molecule has 0 aliphatic rings. The quantitative estimate of drug-likeness (QED) is 0.260. The van der Waals surface area contributed by atoms with Crippen LogP contribution in [0.15, 0.2) is 54.1 Å². The predicted octanol–water partition coefficient (Wildman–Crippen LogP) is 4.98. The van der Waals surface area contributed by atoms with Gasteiger partial charge in [0.05, 0.1) is 25.0 Å². The van der Waals surface area contributed by atoms with Gasteiger partial charge in [0, 0.05) is 0 Å². The molecule has 30 heavy (non-hydrogen) atoms. The van der Waals surface area contributed by atoms with Crippen LogP contribution in [0, 0.1) is 11.3 Å². The van der Waals surface area contributed by atoms with Gasteiger partial charge in [0.1, 0.15) is 17.4 Å². The molecule has 2 rings (SSSR count). The minimum atomic E-state index is -0.606. The molecule has 0 aliphatic heterocycles. The molecule has 0 atom stereocenters. The van der Waals surface area contributed by atoms with Gasteiger partial charge >= 0.3 is 5.97 Å². The number of carbonyl (C=O) groups excluding carboxylic acids is 2. The summed E-state index contributed by atoms with van der Waals surface area (Å²) in [6, 6.07) is 15.6. The first-order valence-corrected chi connectivity index (χ1v) is 9.92. The van der Waals surface area contributed by atoms with Gasteiger partial charge in [-0.05, 0) is 42.3 Å². The van der Waals surface area contributed by atoms with Crippen LogP contribution in [0.4, 0.5) is 5.69 Å². The van der Waals surface area contributed by atoms with Crippen molar-refractivity contribution in [2.75, 3.05) is 19.0 Å². The fourth-order valence-electron chi connectivity index (χ4n) is 2.76. The number of ether oxygens (including phenoxy) is 2. The third kappa shape index (κ3) is 6.78. The van der Waals surface area contributed by atoms with Gasteiger partial charge < -0.3 is 14.8 Å². The van der Waals surface area contributed by atoms with E-state index < -0.39 is 11.9 Å². The maximum Gasteiger partial charge on any atom is 0.339 e. The number of carbonyl (C=O) groups is 2. The van der Waals surface area contributed by atoms with E-state index in [2.05, 4.69) is 12.2 Å². The number of hydrogen-bond acceptors (Lipinski definition) is 5. The second kappa shape index (κ2) is 12.1. The normalized spacial score (nSPS) is 10.8. The lowest BCUT2D eigenvalue weighted by atomic mass is 10.1. The van der Waals surface area contributed by atoms with Gasteiger partial charge in [0.2, 0.25) is 0 Å². The summed E-state index contributed by atoms with van der Waals surface area (Å²) in [5, 5.41) is 12.0. The summed E-state index contributed by atoms with van der Waals surface area (Å²) in [6.45, 7) is 2.83. The number of nitriles is 1. The van der Waals surface area contributed by atoms with Crippen LogP contribution in [-0.4, -0.2) is 25.6 Å². The molecule has 1 N–H and O–H groups in total. The number of nitrogens with zero attached hydrogens (tertiary/aromatic N) is 1. The summed E-state index contributed by atoms with van der Waals surface area (Å²) in [4.78, 5) is 24.4.